The fourth-order valence-electron chi connectivity index (χ4n) is 2.64. The summed E-state index contributed by atoms with van der Waals surface area (Å²) in [6, 6.07) is 5.21. The van der Waals surface area contributed by atoms with Crippen molar-refractivity contribution in [3.8, 4) is 0 Å². The van der Waals surface area contributed by atoms with Crippen LogP contribution in [0.15, 0.2) is 18.2 Å². The molecular formula is C13H15FN2S. The topological polar surface area (TPSA) is 20.7 Å². The van der Waals surface area contributed by atoms with Gasteiger partial charge in [0, 0.05) is 6.04 Å². The molecule has 1 aromatic heterocycles. The van der Waals surface area contributed by atoms with Crippen LogP contribution < -0.4 is 0 Å². The molecule has 2 nitrogen and oxygen atoms in total. The van der Waals surface area contributed by atoms with Gasteiger partial charge in [0.1, 0.15) is 5.82 Å². The number of nitrogens with zero attached hydrogens (tertiary/aromatic N) is 1. The number of halogens is 1. The van der Waals surface area contributed by atoms with Gasteiger partial charge in [-0.15, -0.1) is 0 Å². The predicted octanol–water partition coefficient (Wildman–Crippen LogP) is 4.20. The Bertz CT molecular complexity index is 609. The first-order valence-electron chi connectivity index (χ1n) is 6.06. The summed E-state index contributed by atoms with van der Waals surface area (Å²) in [5.74, 6) is 0.489. The summed E-state index contributed by atoms with van der Waals surface area (Å²) < 4.78 is 16.0. The molecule has 3 rings (SSSR count). The van der Waals surface area contributed by atoms with Crippen LogP contribution in [-0.4, -0.2) is 9.55 Å². The lowest BCUT2D eigenvalue weighted by molar-refractivity contribution is 0.224. The molecule has 0 bridgehead atoms. The van der Waals surface area contributed by atoms with E-state index in [9.17, 15) is 4.39 Å². The zero-order chi connectivity index (χ0) is 12.0. The Morgan fingerprint density at radius 1 is 1.47 bits per heavy atom. The molecule has 4 heteroatoms. The van der Waals surface area contributed by atoms with Crippen molar-refractivity contribution in [1.29, 1.82) is 0 Å². The maximum absolute atomic E-state index is 13.2. The monoisotopic (exact) mass is 250 g/mol. The number of aromatic amines is 1. The van der Waals surface area contributed by atoms with E-state index in [0.717, 1.165) is 11.0 Å². The van der Waals surface area contributed by atoms with Crippen molar-refractivity contribution in [2.24, 2.45) is 5.92 Å². The predicted molar refractivity (Wildman–Crippen MR) is 69.1 cm³/mol. The number of imidazole rings is 1. The highest BCUT2D eigenvalue weighted by atomic mass is 32.1. The summed E-state index contributed by atoms with van der Waals surface area (Å²) in [5.41, 5.74) is 1.80. The molecule has 0 radical (unpaired) electrons. The second-order valence-electron chi connectivity index (χ2n) is 4.89. The lowest BCUT2D eigenvalue weighted by atomic mass is 9.80. The minimum absolute atomic E-state index is 0.225. The SMILES string of the molecule is CC(C1CCC1)n1c(=S)[nH]c2cc(F)ccc21. The molecule has 1 aliphatic carbocycles. The van der Waals surface area contributed by atoms with E-state index in [1.165, 1.54) is 31.4 Å². The van der Waals surface area contributed by atoms with Crippen molar-refractivity contribution in [3.63, 3.8) is 0 Å². The smallest absolute Gasteiger partial charge is 0.178 e. The quantitative estimate of drug-likeness (QED) is 0.792. The molecule has 1 fully saturated rings. The van der Waals surface area contributed by atoms with Crippen molar-refractivity contribution in [1.82, 2.24) is 9.55 Å². The highest BCUT2D eigenvalue weighted by Gasteiger charge is 2.26. The van der Waals surface area contributed by atoms with Gasteiger partial charge in [0.2, 0.25) is 0 Å². The second kappa shape index (κ2) is 3.95. The van der Waals surface area contributed by atoms with E-state index >= 15 is 0 Å². The highest BCUT2D eigenvalue weighted by molar-refractivity contribution is 7.71. The zero-order valence-corrected chi connectivity index (χ0v) is 10.6. The number of hydrogen-bond donors (Lipinski definition) is 1. The molecule has 0 saturated heterocycles. The Morgan fingerprint density at radius 2 is 2.24 bits per heavy atom. The molecule has 0 spiro atoms. The first-order valence-corrected chi connectivity index (χ1v) is 6.47. The van der Waals surface area contributed by atoms with Gasteiger partial charge in [-0.25, -0.2) is 4.39 Å². The first kappa shape index (κ1) is 11.0. The molecule has 0 aliphatic heterocycles. The summed E-state index contributed by atoms with van der Waals surface area (Å²) in [6.07, 6.45) is 3.87. The highest BCUT2D eigenvalue weighted by Crippen LogP contribution is 2.37. The molecule has 1 atom stereocenters. The third-order valence-corrected chi connectivity index (χ3v) is 4.22. The molecule has 1 heterocycles. The number of nitrogens with one attached hydrogen (secondary N) is 1. The molecule has 1 unspecified atom stereocenters. The van der Waals surface area contributed by atoms with E-state index in [2.05, 4.69) is 16.5 Å². The first-order chi connectivity index (χ1) is 8.16. The Labute approximate surface area is 104 Å². The molecule has 0 amide bonds. The zero-order valence-electron chi connectivity index (χ0n) is 9.74. The van der Waals surface area contributed by atoms with Crippen molar-refractivity contribution >= 4 is 23.3 Å². The molecule has 1 aliphatic rings. The minimum atomic E-state index is -0.225. The van der Waals surface area contributed by atoms with Crippen molar-refractivity contribution < 1.29 is 4.39 Å². The van der Waals surface area contributed by atoms with Gasteiger partial charge in [-0.2, -0.15) is 0 Å². The maximum atomic E-state index is 13.2. The van der Waals surface area contributed by atoms with Crippen LogP contribution in [0.1, 0.15) is 32.2 Å². The largest absolute Gasteiger partial charge is 0.330 e. The van der Waals surface area contributed by atoms with E-state index in [0.29, 0.717) is 16.7 Å². The van der Waals surface area contributed by atoms with Crippen LogP contribution in [0.5, 0.6) is 0 Å². The van der Waals surface area contributed by atoms with E-state index in [1.807, 2.05) is 6.07 Å². The summed E-state index contributed by atoms with van der Waals surface area (Å²) in [6.45, 7) is 2.20. The lowest BCUT2D eigenvalue weighted by Gasteiger charge is -2.32. The molecule has 1 saturated carbocycles. The van der Waals surface area contributed by atoms with Crippen LogP contribution >= 0.6 is 12.2 Å². The van der Waals surface area contributed by atoms with Crippen LogP contribution in [-0.2, 0) is 0 Å². The van der Waals surface area contributed by atoms with Gasteiger partial charge >= 0.3 is 0 Å². The third-order valence-electron chi connectivity index (χ3n) is 3.92. The second-order valence-corrected chi connectivity index (χ2v) is 5.28. The van der Waals surface area contributed by atoms with Gasteiger partial charge in [0.25, 0.3) is 0 Å². The standard InChI is InChI=1S/C13H15FN2S/c1-8(9-3-2-4-9)16-12-6-5-10(14)7-11(12)15-13(16)17/h5-9H,2-4H2,1H3,(H,15,17). The summed E-state index contributed by atoms with van der Waals surface area (Å²) >= 11 is 5.35. The fraction of sp³-hybridized carbons (Fsp3) is 0.462. The Morgan fingerprint density at radius 3 is 2.88 bits per heavy atom. The third kappa shape index (κ3) is 1.71. The van der Waals surface area contributed by atoms with Gasteiger partial charge in [0.05, 0.1) is 11.0 Å². The fourth-order valence-corrected chi connectivity index (χ4v) is 3.02. The molecule has 1 aromatic carbocycles. The van der Waals surface area contributed by atoms with Gasteiger partial charge in [-0.1, -0.05) is 6.42 Å². The summed E-state index contributed by atoms with van der Waals surface area (Å²) in [7, 11) is 0. The van der Waals surface area contributed by atoms with E-state index in [1.54, 1.807) is 0 Å². The Kier molecular flexibility index (Phi) is 2.54. The molecular weight excluding hydrogens is 235 g/mol. The molecule has 17 heavy (non-hydrogen) atoms. The summed E-state index contributed by atoms with van der Waals surface area (Å²) in [5, 5.41) is 0. The molecule has 2 aromatic rings. The van der Waals surface area contributed by atoms with Gasteiger partial charge in [-0.05, 0) is 56.1 Å². The number of rotatable bonds is 2. The van der Waals surface area contributed by atoms with Crippen LogP contribution in [0.2, 0.25) is 0 Å². The Balaban J connectivity index is 2.14. The van der Waals surface area contributed by atoms with Crippen molar-refractivity contribution in [3.05, 3.63) is 28.8 Å². The van der Waals surface area contributed by atoms with Gasteiger partial charge in [0.15, 0.2) is 4.77 Å². The normalized spacial score (nSPS) is 18.2. The molecule has 90 valence electrons. The number of hydrogen-bond acceptors (Lipinski definition) is 1. The van der Waals surface area contributed by atoms with E-state index in [4.69, 9.17) is 12.2 Å². The average Bonchev–Trinajstić information content (AvgIpc) is 2.50. The maximum Gasteiger partial charge on any atom is 0.178 e. The Hall–Kier alpha value is -1.16. The van der Waals surface area contributed by atoms with Crippen molar-refractivity contribution in [2.75, 3.05) is 0 Å². The minimum Gasteiger partial charge on any atom is -0.330 e. The van der Waals surface area contributed by atoms with Crippen LogP contribution in [0, 0.1) is 16.5 Å². The average molecular weight is 250 g/mol. The van der Waals surface area contributed by atoms with Gasteiger partial charge < -0.3 is 9.55 Å². The van der Waals surface area contributed by atoms with Crippen LogP contribution in [0.4, 0.5) is 4.39 Å². The number of H-pyrrole nitrogens is 1. The van der Waals surface area contributed by atoms with E-state index < -0.39 is 0 Å². The number of benzene rings is 1. The van der Waals surface area contributed by atoms with Gasteiger partial charge in [-0.3, -0.25) is 0 Å². The van der Waals surface area contributed by atoms with Crippen LogP contribution in [0.3, 0.4) is 0 Å². The van der Waals surface area contributed by atoms with Crippen LogP contribution in [0.25, 0.3) is 11.0 Å². The lowest BCUT2D eigenvalue weighted by Crippen LogP contribution is -2.22. The van der Waals surface area contributed by atoms with Crippen molar-refractivity contribution in [2.45, 2.75) is 32.2 Å². The summed E-state index contributed by atoms with van der Waals surface area (Å²) in [4.78, 5) is 3.09. The number of fused-ring (bicyclic) bond motifs is 1. The molecule has 1 N–H and O–H groups in total. The number of aromatic nitrogens is 2. The van der Waals surface area contributed by atoms with E-state index in [-0.39, 0.29) is 5.82 Å².